The molecule has 0 fully saturated rings. The van der Waals surface area contributed by atoms with Gasteiger partial charge in [0.05, 0.1) is 6.10 Å². The van der Waals surface area contributed by atoms with Crippen molar-refractivity contribution in [3.8, 4) is 0 Å². The van der Waals surface area contributed by atoms with Crippen LogP contribution in [0.1, 0.15) is 34.1 Å². The van der Waals surface area contributed by atoms with Gasteiger partial charge in [0.1, 0.15) is 0 Å². The molecule has 0 heterocycles. The Balaban J connectivity index is 3.71. The van der Waals surface area contributed by atoms with Crippen molar-refractivity contribution in [2.75, 3.05) is 18.8 Å². The maximum atomic E-state index is 10.6. The number of rotatable bonds is 8. The quantitative estimate of drug-likeness (QED) is 0.404. The van der Waals surface area contributed by atoms with Crippen molar-refractivity contribution in [2.24, 2.45) is 11.3 Å². The van der Waals surface area contributed by atoms with Crippen LogP contribution in [0.3, 0.4) is 0 Å². The molecule has 0 saturated heterocycles. The van der Waals surface area contributed by atoms with Crippen LogP contribution >= 0.6 is 18.2 Å². The Morgan fingerprint density at radius 2 is 1.89 bits per heavy atom. The summed E-state index contributed by atoms with van der Waals surface area (Å²) in [6.45, 7) is 5.41. The maximum Gasteiger partial charge on any atom is 0.384 e. The summed E-state index contributed by atoms with van der Waals surface area (Å²) in [6, 6.07) is 0. The highest BCUT2D eigenvalue weighted by molar-refractivity contribution is 8.54. The topological polar surface area (TPSA) is 89.8 Å². The van der Waals surface area contributed by atoms with E-state index < -0.39 is 12.9 Å². The van der Waals surface area contributed by atoms with E-state index >= 15 is 0 Å². The van der Waals surface area contributed by atoms with Gasteiger partial charge in [0.2, 0.25) is 0 Å². The summed E-state index contributed by atoms with van der Waals surface area (Å²) in [5, 5.41) is 12.9. The van der Waals surface area contributed by atoms with E-state index in [-0.39, 0.29) is 11.3 Å². The second kappa shape index (κ2) is 7.88. The van der Waals surface area contributed by atoms with Gasteiger partial charge in [-0.15, -0.1) is 0 Å². The number of aliphatic hydroxyl groups is 1. The van der Waals surface area contributed by atoms with Crippen LogP contribution in [-0.4, -0.2) is 39.8 Å². The minimum atomic E-state index is -3.96. The van der Waals surface area contributed by atoms with Crippen LogP contribution in [0.25, 0.3) is 0 Å². The molecule has 0 aliphatic carbocycles. The number of hydrogen-bond acceptors (Lipinski definition) is 4. The lowest BCUT2D eigenvalue weighted by atomic mass is 9.83. The van der Waals surface area contributed by atoms with Gasteiger partial charge in [0.15, 0.2) is 0 Å². The number of hydrogen-bond donors (Lipinski definition) is 4. The zero-order valence-electron chi connectivity index (χ0n) is 11.6. The van der Waals surface area contributed by atoms with E-state index in [1.807, 2.05) is 6.92 Å². The number of nitrogens with one attached hydrogen (secondary N) is 1. The van der Waals surface area contributed by atoms with Crippen molar-refractivity contribution in [1.82, 2.24) is 5.32 Å². The number of aliphatic hydroxyl groups excluding tert-OH is 1. The molecule has 18 heavy (non-hydrogen) atoms. The summed E-state index contributed by atoms with van der Waals surface area (Å²) in [5.74, 6) is 0.539. The van der Waals surface area contributed by atoms with Gasteiger partial charge in [-0.2, -0.15) is 0 Å². The van der Waals surface area contributed by atoms with Crippen LogP contribution in [-0.2, 0) is 4.57 Å². The van der Waals surface area contributed by atoms with Crippen molar-refractivity contribution in [3.63, 3.8) is 0 Å². The van der Waals surface area contributed by atoms with Gasteiger partial charge in [-0.05, 0) is 29.1 Å². The molecule has 2 atom stereocenters. The minimum absolute atomic E-state index is 0.191. The fourth-order valence-electron chi connectivity index (χ4n) is 1.79. The Morgan fingerprint density at radius 1 is 1.33 bits per heavy atom. The Hall–Kier alpha value is 0.420. The highest BCUT2D eigenvalue weighted by atomic mass is 32.7. The summed E-state index contributed by atoms with van der Waals surface area (Å²) in [6.07, 6.45) is 0.511. The molecule has 0 amide bonds. The normalized spacial score (nSPS) is 16.6. The van der Waals surface area contributed by atoms with Gasteiger partial charge in [-0.3, -0.25) is 0 Å². The molecule has 5 nitrogen and oxygen atoms in total. The lowest BCUT2D eigenvalue weighted by molar-refractivity contribution is 0.0908. The fraction of sp³-hybridized carbons (Fsp3) is 1.00. The first-order valence-electron chi connectivity index (χ1n) is 6.10. The van der Waals surface area contributed by atoms with Crippen LogP contribution in [0.4, 0.5) is 0 Å². The third-order valence-corrected chi connectivity index (χ3v) is 4.76. The fourth-order valence-corrected chi connectivity index (χ4v) is 3.25. The monoisotopic (exact) mass is 299 g/mol. The van der Waals surface area contributed by atoms with Crippen LogP contribution in [0, 0.1) is 11.3 Å². The Labute approximate surface area is 114 Å². The van der Waals surface area contributed by atoms with E-state index in [1.165, 1.54) is 0 Å². The van der Waals surface area contributed by atoms with Crippen LogP contribution < -0.4 is 5.32 Å². The second-order valence-electron chi connectivity index (χ2n) is 5.84. The zero-order chi connectivity index (χ0) is 14.4. The van der Waals surface area contributed by atoms with Gasteiger partial charge < -0.3 is 20.2 Å². The molecule has 110 valence electrons. The first-order valence-corrected chi connectivity index (χ1v) is 9.30. The maximum absolute atomic E-state index is 10.6. The SMILES string of the molecule is CC(CC(C)(C)C)C(O)CNCCSP(=O)(O)O. The molecule has 7 heteroatoms. The van der Waals surface area contributed by atoms with Crippen LogP contribution in [0.5, 0.6) is 0 Å². The Morgan fingerprint density at radius 3 is 2.33 bits per heavy atom. The van der Waals surface area contributed by atoms with Crippen LogP contribution in [0.2, 0.25) is 0 Å². The van der Waals surface area contributed by atoms with E-state index in [0.717, 1.165) is 6.42 Å². The highest BCUT2D eigenvalue weighted by Crippen LogP contribution is 2.49. The molecule has 0 rings (SSSR count). The zero-order valence-corrected chi connectivity index (χ0v) is 13.3. The van der Waals surface area contributed by atoms with Crippen molar-refractivity contribution < 1.29 is 19.5 Å². The first kappa shape index (κ1) is 18.4. The summed E-state index contributed by atoms with van der Waals surface area (Å²) in [4.78, 5) is 17.3. The second-order valence-corrected chi connectivity index (χ2v) is 9.69. The van der Waals surface area contributed by atoms with Crippen LogP contribution in [0.15, 0.2) is 0 Å². The molecule has 2 unspecified atom stereocenters. The summed E-state index contributed by atoms with van der Waals surface area (Å²) in [5.41, 5.74) is 0.191. The third kappa shape index (κ3) is 11.5. The molecule has 0 bridgehead atoms. The molecule has 4 N–H and O–H groups in total. The van der Waals surface area contributed by atoms with Gasteiger partial charge in [-0.1, -0.05) is 27.7 Å². The van der Waals surface area contributed by atoms with Crippen molar-refractivity contribution in [1.29, 1.82) is 0 Å². The molecule has 0 aliphatic heterocycles. The van der Waals surface area contributed by atoms with Gasteiger partial charge in [0.25, 0.3) is 0 Å². The first-order chi connectivity index (χ1) is 8.01. The largest absolute Gasteiger partial charge is 0.392 e. The van der Waals surface area contributed by atoms with E-state index in [9.17, 15) is 9.67 Å². The molecular weight excluding hydrogens is 273 g/mol. The van der Waals surface area contributed by atoms with E-state index in [2.05, 4.69) is 26.1 Å². The predicted octanol–water partition coefficient (Wildman–Crippen LogP) is 1.84. The van der Waals surface area contributed by atoms with E-state index in [4.69, 9.17) is 9.79 Å². The standard InChI is InChI=1S/C11H26NO4PS/c1-9(7-11(2,3)4)10(13)8-12-5-6-18-17(14,15)16/h9-10,12-13H,5-8H2,1-4H3,(H2,14,15,16). The average Bonchev–Trinajstić information content (AvgIpc) is 2.12. The third-order valence-electron chi connectivity index (χ3n) is 2.48. The Kier molecular flexibility index (Phi) is 8.06. The highest BCUT2D eigenvalue weighted by Gasteiger charge is 2.21. The van der Waals surface area contributed by atoms with Crippen molar-refractivity contribution in [3.05, 3.63) is 0 Å². The molecule has 0 spiro atoms. The van der Waals surface area contributed by atoms with Gasteiger partial charge >= 0.3 is 6.80 Å². The van der Waals surface area contributed by atoms with E-state index in [1.54, 1.807) is 0 Å². The molecule has 0 aromatic heterocycles. The average molecular weight is 299 g/mol. The summed E-state index contributed by atoms with van der Waals surface area (Å²) >= 11 is 0.626. The molecule has 0 aromatic carbocycles. The Bertz CT molecular complexity index is 277. The van der Waals surface area contributed by atoms with Crippen molar-refractivity contribution in [2.45, 2.75) is 40.2 Å². The van der Waals surface area contributed by atoms with Crippen molar-refractivity contribution >= 4 is 18.2 Å². The van der Waals surface area contributed by atoms with E-state index in [0.29, 0.717) is 30.2 Å². The van der Waals surface area contributed by atoms with Gasteiger partial charge in [-0.25, -0.2) is 4.57 Å². The smallest absolute Gasteiger partial charge is 0.384 e. The molecule has 0 radical (unpaired) electrons. The lowest BCUT2D eigenvalue weighted by Crippen LogP contribution is -2.34. The molecule has 0 aliphatic rings. The predicted molar refractivity (Wildman–Crippen MR) is 76.6 cm³/mol. The van der Waals surface area contributed by atoms with Gasteiger partial charge in [0, 0.05) is 18.8 Å². The minimum Gasteiger partial charge on any atom is -0.392 e. The molecular formula is C11H26NO4PS. The lowest BCUT2D eigenvalue weighted by Gasteiger charge is -2.27. The molecule has 0 aromatic rings. The molecule has 0 saturated carbocycles. The summed E-state index contributed by atoms with van der Waals surface area (Å²) in [7, 11) is 0. The summed E-state index contributed by atoms with van der Waals surface area (Å²) < 4.78 is 10.6.